The number of hydrogen-bond donors (Lipinski definition) is 2. The largest absolute Gasteiger partial charge is 0.481 e. The molecule has 1 atom stereocenters. The average molecular weight is 282 g/mol. The van der Waals surface area contributed by atoms with E-state index in [1.165, 1.54) is 0 Å². The van der Waals surface area contributed by atoms with Gasteiger partial charge in [-0.3, -0.25) is 4.79 Å². The molecule has 0 aliphatic heterocycles. The van der Waals surface area contributed by atoms with E-state index in [4.69, 9.17) is 10.4 Å². The number of nitriles is 1. The normalized spacial score (nSPS) is 12.0. The molecule has 1 aromatic rings. The van der Waals surface area contributed by atoms with Crippen molar-refractivity contribution in [3.05, 3.63) is 29.3 Å². The lowest BCUT2D eigenvalue weighted by atomic mass is 9.97. The minimum atomic E-state index is -1.01. The summed E-state index contributed by atoms with van der Waals surface area (Å²) in [6.07, 6.45) is 0.405. The van der Waals surface area contributed by atoms with Crippen LogP contribution in [0.4, 0.5) is 14.5 Å². The highest BCUT2D eigenvalue weighted by atomic mass is 19.1. The molecular weight excluding hydrogens is 266 g/mol. The van der Waals surface area contributed by atoms with Crippen LogP contribution in [-0.4, -0.2) is 17.6 Å². The maximum absolute atomic E-state index is 13.6. The average Bonchev–Trinajstić information content (AvgIpc) is 2.35. The molecule has 108 valence electrons. The Hall–Kier alpha value is -2.16. The highest BCUT2D eigenvalue weighted by Gasteiger charge is 2.20. The summed E-state index contributed by atoms with van der Waals surface area (Å²) in [6, 6.07) is 3.46. The predicted octanol–water partition coefficient (Wildman–Crippen LogP) is 3.00. The number of carboxylic acids is 1. The van der Waals surface area contributed by atoms with E-state index in [1.54, 1.807) is 6.07 Å². The number of benzene rings is 1. The maximum Gasteiger partial charge on any atom is 0.308 e. The fourth-order valence-electron chi connectivity index (χ4n) is 1.87. The van der Waals surface area contributed by atoms with Gasteiger partial charge in [0.25, 0.3) is 0 Å². The van der Waals surface area contributed by atoms with Crippen molar-refractivity contribution in [3.63, 3.8) is 0 Å². The van der Waals surface area contributed by atoms with E-state index in [0.29, 0.717) is 6.42 Å². The zero-order valence-electron chi connectivity index (χ0n) is 11.3. The minimum Gasteiger partial charge on any atom is -0.481 e. The Balaban J connectivity index is 2.83. The van der Waals surface area contributed by atoms with E-state index < -0.39 is 29.2 Å². The summed E-state index contributed by atoms with van der Waals surface area (Å²) in [5.74, 6) is -3.40. The molecule has 4 nitrogen and oxygen atoms in total. The smallest absolute Gasteiger partial charge is 0.308 e. The Labute approximate surface area is 116 Å². The van der Waals surface area contributed by atoms with Gasteiger partial charge in [0.1, 0.15) is 5.69 Å². The number of hydrogen-bond acceptors (Lipinski definition) is 3. The van der Waals surface area contributed by atoms with Crippen LogP contribution in [0, 0.1) is 34.8 Å². The van der Waals surface area contributed by atoms with E-state index in [-0.39, 0.29) is 18.0 Å². The number of halogens is 2. The van der Waals surface area contributed by atoms with E-state index in [9.17, 15) is 13.6 Å². The highest BCUT2D eigenvalue weighted by Crippen LogP contribution is 2.22. The lowest BCUT2D eigenvalue weighted by molar-refractivity contribution is -0.141. The molecule has 2 N–H and O–H groups in total. The van der Waals surface area contributed by atoms with Gasteiger partial charge in [-0.25, -0.2) is 8.78 Å². The van der Waals surface area contributed by atoms with Gasteiger partial charge in [0.05, 0.1) is 17.6 Å². The van der Waals surface area contributed by atoms with Crippen molar-refractivity contribution in [1.82, 2.24) is 0 Å². The first-order valence-electron chi connectivity index (χ1n) is 6.21. The first-order valence-corrected chi connectivity index (χ1v) is 6.21. The Morgan fingerprint density at radius 1 is 1.40 bits per heavy atom. The molecule has 0 aliphatic rings. The van der Waals surface area contributed by atoms with Crippen molar-refractivity contribution in [2.75, 3.05) is 11.9 Å². The van der Waals surface area contributed by atoms with Crippen LogP contribution < -0.4 is 5.32 Å². The van der Waals surface area contributed by atoms with Gasteiger partial charge in [0.2, 0.25) is 0 Å². The number of carboxylic acid groups (broad SMARTS) is 1. The monoisotopic (exact) mass is 282 g/mol. The molecule has 0 amide bonds. The third-order valence-corrected chi connectivity index (χ3v) is 2.80. The molecule has 1 unspecified atom stereocenters. The van der Waals surface area contributed by atoms with E-state index in [0.717, 1.165) is 12.1 Å². The molecule has 0 heterocycles. The zero-order chi connectivity index (χ0) is 15.3. The van der Waals surface area contributed by atoms with Gasteiger partial charge in [-0.1, -0.05) is 13.8 Å². The first kappa shape index (κ1) is 15.9. The molecule has 0 spiro atoms. The van der Waals surface area contributed by atoms with Crippen LogP contribution in [-0.2, 0) is 4.79 Å². The lowest BCUT2D eigenvalue weighted by Crippen LogP contribution is -2.25. The van der Waals surface area contributed by atoms with Crippen molar-refractivity contribution >= 4 is 11.7 Å². The Morgan fingerprint density at radius 2 is 1.95 bits per heavy atom. The maximum atomic E-state index is 13.6. The number of rotatable bonds is 6. The van der Waals surface area contributed by atoms with Gasteiger partial charge in [-0.05, 0) is 24.5 Å². The summed E-state index contributed by atoms with van der Waals surface area (Å²) in [7, 11) is 0. The van der Waals surface area contributed by atoms with Crippen LogP contribution in [0.25, 0.3) is 0 Å². The van der Waals surface area contributed by atoms with Crippen LogP contribution in [0.3, 0.4) is 0 Å². The number of nitrogens with zero attached hydrogens (tertiary/aromatic N) is 1. The van der Waals surface area contributed by atoms with Crippen LogP contribution in [0.2, 0.25) is 0 Å². The molecule has 1 aromatic carbocycles. The van der Waals surface area contributed by atoms with Crippen molar-refractivity contribution in [3.8, 4) is 6.07 Å². The van der Waals surface area contributed by atoms with Gasteiger partial charge < -0.3 is 10.4 Å². The summed E-state index contributed by atoms with van der Waals surface area (Å²) in [4.78, 5) is 11.1. The molecule has 0 aromatic heterocycles. The van der Waals surface area contributed by atoms with Gasteiger partial charge in [0.15, 0.2) is 11.6 Å². The molecule has 6 heteroatoms. The van der Waals surface area contributed by atoms with Gasteiger partial charge in [-0.2, -0.15) is 5.26 Å². The van der Waals surface area contributed by atoms with Gasteiger partial charge >= 0.3 is 5.97 Å². The topological polar surface area (TPSA) is 73.1 Å². The number of carbonyl (C=O) groups is 1. The summed E-state index contributed by atoms with van der Waals surface area (Å²) >= 11 is 0. The molecule has 0 bridgehead atoms. The third-order valence-electron chi connectivity index (χ3n) is 2.80. The molecule has 0 aliphatic carbocycles. The van der Waals surface area contributed by atoms with Crippen LogP contribution in [0.15, 0.2) is 12.1 Å². The number of anilines is 1. The summed E-state index contributed by atoms with van der Waals surface area (Å²) < 4.78 is 27.2. The predicted molar refractivity (Wildman–Crippen MR) is 70.1 cm³/mol. The fraction of sp³-hybridized carbons (Fsp3) is 0.429. The van der Waals surface area contributed by atoms with Crippen LogP contribution in [0.5, 0.6) is 0 Å². The SMILES string of the molecule is CC(C)CC(CNc1c(F)cc(C#N)cc1F)C(=O)O. The summed E-state index contributed by atoms with van der Waals surface area (Å²) in [6.45, 7) is 3.67. The number of aliphatic carboxylic acids is 1. The minimum absolute atomic E-state index is 0.0761. The summed E-state index contributed by atoms with van der Waals surface area (Å²) in [5, 5.41) is 20.1. The molecule has 1 rings (SSSR count). The Kier molecular flexibility index (Phi) is 5.44. The second-order valence-corrected chi connectivity index (χ2v) is 4.97. The molecule has 20 heavy (non-hydrogen) atoms. The Bertz CT molecular complexity index is 515. The quantitative estimate of drug-likeness (QED) is 0.841. The summed E-state index contributed by atoms with van der Waals surface area (Å²) in [5.41, 5.74) is -0.526. The van der Waals surface area contributed by atoms with E-state index in [1.807, 2.05) is 13.8 Å². The molecule has 0 saturated heterocycles. The second kappa shape index (κ2) is 6.85. The third kappa shape index (κ3) is 4.19. The first-order chi connectivity index (χ1) is 9.35. The van der Waals surface area contributed by atoms with E-state index in [2.05, 4.69) is 5.32 Å². The Morgan fingerprint density at radius 3 is 2.35 bits per heavy atom. The van der Waals surface area contributed by atoms with Crippen LogP contribution >= 0.6 is 0 Å². The lowest BCUT2D eigenvalue weighted by Gasteiger charge is -2.16. The molecular formula is C14H16F2N2O2. The van der Waals surface area contributed by atoms with Gasteiger partial charge in [0, 0.05) is 6.54 Å². The van der Waals surface area contributed by atoms with Crippen molar-refractivity contribution in [2.45, 2.75) is 20.3 Å². The van der Waals surface area contributed by atoms with Crippen molar-refractivity contribution in [2.24, 2.45) is 11.8 Å². The fourth-order valence-corrected chi connectivity index (χ4v) is 1.87. The van der Waals surface area contributed by atoms with E-state index >= 15 is 0 Å². The zero-order valence-corrected chi connectivity index (χ0v) is 11.3. The molecule has 0 saturated carbocycles. The van der Waals surface area contributed by atoms with Crippen molar-refractivity contribution in [1.29, 1.82) is 5.26 Å². The molecule has 0 fully saturated rings. The standard InChI is InChI=1S/C14H16F2N2O2/c1-8(2)3-10(14(19)20)7-18-13-11(15)4-9(6-17)5-12(13)16/h4-5,8,10,18H,3,7H2,1-2H3,(H,19,20). The van der Waals surface area contributed by atoms with Crippen molar-refractivity contribution < 1.29 is 18.7 Å². The molecule has 0 radical (unpaired) electrons. The van der Waals surface area contributed by atoms with Crippen LogP contribution in [0.1, 0.15) is 25.8 Å². The number of nitrogens with one attached hydrogen (secondary N) is 1. The highest BCUT2D eigenvalue weighted by molar-refractivity contribution is 5.71. The second-order valence-electron chi connectivity index (χ2n) is 4.97. The van der Waals surface area contributed by atoms with Gasteiger partial charge in [-0.15, -0.1) is 0 Å².